The molecule has 3 rings (SSSR count). The van der Waals surface area contributed by atoms with E-state index in [1.54, 1.807) is 7.05 Å². The zero-order valence-corrected chi connectivity index (χ0v) is 19.7. The van der Waals surface area contributed by atoms with Crippen molar-refractivity contribution in [3.8, 4) is 11.1 Å². The molecule has 0 atom stereocenters. The van der Waals surface area contributed by atoms with Gasteiger partial charge < -0.3 is 20.5 Å². The van der Waals surface area contributed by atoms with Crippen LogP contribution in [0.15, 0.2) is 32.7 Å². The molecule has 0 radical (unpaired) electrons. The molecule has 0 unspecified atom stereocenters. The Morgan fingerprint density at radius 1 is 1.06 bits per heavy atom. The molecule has 0 amide bonds. The smallest absolute Gasteiger partial charge is 0.396 e. The van der Waals surface area contributed by atoms with Gasteiger partial charge in [-0.15, -0.1) is 11.8 Å². The summed E-state index contributed by atoms with van der Waals surface area (Å²) in [4.78, 5) is 27.8. The Bertz CT molecular complexity index is 1300. The Kier molecular flexibility index (Phi) is 10.3. The number of likely N-dealkylation sites (N-methyl/N-ethyl adjacent to an activating group) is 1. The molecule has 3 aromatic rings. The molecule has 35 heavy (non-hydrogen) atoms. The van der Waals surface area contributed by atoms with Crippen molar-refractivity contribution in [3.05, 3.63) is 61.3 Å². The Balaban J connectivity index is 0.000000784. The van der Waals surface area contributed by atoms with Gasteiger partial charge in [0.15, 0.2) is 0 Å². The zero-order chi connectivity index (χ0) is 26.3. The van der Waals surface area contributed by atoms with E-state index in [9.17, 15) is 31.5 Å². The van der Waals surface area contributed by atoms with Gasteiger partial charge in [0.05, 0.1) is 28.1 Å². The molecule has 1 aromatic heterocycles. The second-order valence-corrected chi connectivity index (χ2v) is 8.47. The van der Waals surface area contributed by atoms with Crippen LogP contribution in [0.25, 0.3) is 22.0 Å². The number of hydrogen-bond acceptors (Lipinski definition) is 6. The van der Waals surface area contributed by atoms with Crippen LogP contribution in [0.3, 0.4) is 0 Å². The van der Waals surface area contributed by atoms with Crippen molar-refractivity contribution in [1.82, 2.24) is 15.3 Å². The summed E-state index contributed by atoms with van der Waals surface area (Å²) in [5.74, 6) is -2.38. The number of thioether (sulfide) groups is 1. The van der Waals surface area contributed by atoms with Crippen LogP contribution in [-0.4, -0.2) is 52.7 Å². The lowest BCUT2D eigenvalue weighted by Gasteiger charge is -2.20. The molecule has 0 saturated carbocycles. The first-order valence-electron chi connectivity index (χ1n) is 10.0. The number of rotatable bonds is 7. The molecule has 0 aliphatic rings. The molecular formula is C21H21ClF5N3O4S. The van der Waals surface area contributed by atoms with Gasteiger partial charge in [-0.2, -0.15) is 13.2 Å². The summed E-state index contributed by atoms with van der Waals surface area (Å²) in [6.07, 6.45) is -4.85. The molecule has 1 heterocycles. The molecule has 0 fully saturated rings. The third-order valence-electron chi connectivity index (χ3n) is 4.49. The molecule has 0 aliphatic heterocycles. The minimum atomic E-state index is -5.02. The van der Waals surface area contributed by atoms with Crippen LogP contribution in [0.5, 0.6) is 0 Å². The van der Waals surface area contributed by atoms with E-state index in [4.69, 9.17) is 21.8 Å². The summed E-state index contributed by atoms with van der Waals surface area (Å²) in [6.45, 7) is 0.656. The first-order chi connectivity index (χ1) is 16.5. The second-order valence-electron chi connectivity index (χ2n) is 6.96. The number of alkyl halides is 3. The van der Waals surface area contributed by atoms with E-state index >= 15 is 0 Å². The summed E-state index contributed by atoms with van der Waals surface area (Å²) in [6, 6.07) is 1.56. The van der Waals surface area contributed by atoms with Crippen molar-refractivity contribution in [3.63, 3.8) is 0 Å². The minimum Gasteiger partial charge on any atom is -0.396 e. The van der Waals surface area contributed by atoms with Gasteiger partial charge in [0.1, 0.15) is 11.6 Å². The fourth-order valence-corrected chi connectivity index (χ4v) is 4.29. The number of H-pyrrole nitrogens is 2. The number of nitrogens with one attached hydrogen (secondary N) is 3. The second kappa shape index (κ2) is 12.5. The Labute approximate surface area is 204 Å². The van der Waals surface area contributed by atoms with E-state index in [1.807, 2.05) is 4.98 Å². The van der Waals surface area contributed by atoms with Crippen molar-refractivity contribution in [1.29, 1.82) is 0 Å². The van der Waals surface area contributed by atoms with Gasteiger partial charge in [-0.25, -0.2) is 13.6 Å². The summed E-state index contributed by atoms with van der Waals surface area (Å²) in [5, 5.41) is 18.7. The van der Waals surface area contributed by atoms with Crippen LogP contribution in [0.2, 0.25) is 5.02 Å². The van der Waals surface area contributed by atoms with Crippen LogP contribution < -0.4 is 16.6 Å². The molecule has 0 aliphatic carbocycles. The number of aliphatic hydroxyl groups excluding tert-OH is 2. The van der Waals surface area contributed by atoms with Crippen LogP contribution in [0.4, 0.5) is 22.0 Å². The fourth-order valence-electron chi connectivity index (χ4n) is 2.98. The zero-order valence-electron chi connectivity index (χ0n) is 18.2. The Hall–Kier alpha value is -2.45. The molecule has 0 spiro atoms. The van der Waals surface area contributed by atoms with Gasteiger partial charge >= 0.3 is 11.9 Å². The number of aromatic amines is 2. The van der Waals surface area contributed by atoms with E-state index in [2.05, 4.69) is 10.3 Å². The van der Waals surface area contributed by atoms with Gasteiger partial charge in [0, 0.05) is 41.0 Å². The number of aliphatic hydroxyl groups is 2. The lowest BCUT2D eigenvalue weighted by atomic mass is 9.96. The number of benzene rings is 2. The standard InChI is InChI=1S/C18H12ClF5N2O3S.C3H9NO/c19-10-5-7(11(20)6-12(10)21)13-9(18(22,23)24)4-8-14(15(13)30-3-1-2-27)25-17(29)26-16(8)28;1-4-2-3-5/h4-6,27H,1-3H2,(H2,25,26,28,29);4-5H,2-3H2,1H3. The van der Waals surface area contributed by atoms with Gasteiger partial charge in [0.2, 0.25) is 0 Å². The summed E-state index contributed by atoms with van der Waals surface area (Å²) in [7, 11) is 1.80. The summed E-state index contributed by atoms with van der Waals surface area (Å²) < 4.78 is 69.8. The monoisotopic (exact) mass is 541 g/mol. The van der Waals surface area contributed by atoms with Crippen molar-refractivity contribution < 1.29 is 32.2 Å². The first kappa shape index (κ1) is 28.8. The van der Waals surface area contributed by atoms with Crippen LogP contribution >= 0.6 is 23.4 Å². The number of fused-ring (bicyclic) bond motifs is 1. The molecule has 7 nitrogen and oxygen atoms in total. The van der Waals surface area contributed by atoms with E-state index in [-0.39, 0.29) is 35.8 Å². The van der Waals surface area contributed by atoms with E-state index < -0.39 is 56.2 Å². The van der Waals surface area contributed by atoms with Gasteiger partial charge in [-0.3, -0.25) is 9.78 Å². The third kappa shape index (κ3) is 7.04. The van der Waals surface area contributed by atoms with E-state index in [1.165, 1.54) is 0 Å². The quantitative estimate of drug-likeness (QED) is 0.135. The van der Waals surface area contributed by atoms with Crippen LogP contribution in [-0.2, 0) is 6.18 Å². The number of hydrogen-bond donors (Lipinski definition) is 5. The van der Waals surface area contributed by atoms with Crippen LogP contribution in [0.1, 0.15) is 12.0 Å². The third-order valence-corrected chi connectivity index (χ3v) is 5.97. The maximum atomic E-state index is 14.6. The van der Waals surface area contributed by atoms with Gasteiger partial charge in [0.25, 0.3) is 5.56 Å². The first-order valence-corrected chi connectivity index (χ1v) is 11.4. The SMILES string of the molecule is CNCCO.O=c1[nH]c(=O)c2cc(C(F)(F)F)c(-c3cc(Cl)c(F)cc3F)c(SCCCO)c2[nH]1. The molecule has 0 bridgehead atoms. The topological polar surface area (TPSA) is 118 Å². The van der Waals surface area contributed by atoms with Crippen molar-refractivity contribution in [2.75, 3.05) is 32.6 Å². The molecule has 192 valence electrons. The lowest BCUT2D eigenvalue weighted by molar-refractivity contribution is -0.137. The average Bonchev–Trinajstić information content (AvgIpc) is 2.76. The largest absolute Gasteiger partial charge is 0.417 e. The summed E-state index contributed by atoms with van der Waals surface area (Å²) in [5.41, 5.74) is -4.98. The Morgan fingerprint density at radius 3 is 2.29 bits per heavy atom. The molecular weight excluding hydrogens is 521 g/mol. The van der Waals surface area contributed by atoms with E-state index in [0.717, 1.165) is 11.8 Å². The van der Waals surface area contributed by atoms with E-state index in [0.29, 0.717) is 24.7 Å². The highest BCUT2D eigenvalue weighted by atomic mass is 35.5. The summed E-state index contributed by atoms with van der Waals surface area (Å²) >= 11 is 6.45. The van der Waals surface area contributed by atoms with Crippen molar-refractivity contribution >= 4 is 34.3 Å². The maximum absolute atomic E-state index is 14.6. The lowest BCUT2D eigenvalue weighted by Crippen LogP contribution is -2.23. The number of halogens is 6. The van der Waals surface area contributed by atoms with Gasteiger partial charge in [-0.1, -0.05) is 11.6 Å². The molecule has 2 aromatic carbocycles. The molecule has 0 saturated heterocycles. The van der Waals surface area contributed by atoms with Crippen molar-refractivity contribution in [2.24, 2.45) is 0 Å². The maximum Gasteiger partial charge on any atom is 0.417 e. The highest BCUT2D eigenvalue weighted by Gasteiger charge is 2.37. The molecule has 14 heteroatoms. The molecule has 5 N–H and O–H groups in total. The Morgan fingerprint density at radius 2 is 1.74 bits per heavy atom. The minimum absolute atomic E-state index is 0.0886. The van der Waals surface area contributed by atoms with Crippen LogP contribution in [0, 0.1) is 11.6 Å². The predicted molar refractivity (Wildman–Crippen MR) is 124 cm³/mol. The van der Waals surface area contributed by atoms with Gasteiger partial charge in [-0.05, 0) is 25.6 Å². The highest BCUT2D eigenvalue weighted by molar-refractivity contribution is 7.99. The normalized spacial score (nSPS) is 11.5. The van der Waals surface area contributed by atoms with Crippen molar-refractivity contribution in [2.45, 2.75) is 17.5 Å². The highest BCUT2D eigenvalue weighted by Crippen LogP contribution is 2.46. The average molecular weight is 542 g/mol. The number of aromatic nitrogens is 2. The fraction of sp³-hybridized carbons (Fsp3) is 0.333. The predicted octanol–water partition coefficient (Wildman–Crippen LogP) is 3.51.